The van der Waals surface area contributed by atoms with E-state index in [2.05, 4.69) is 9.80 Å². The molecule has 4 heteroatoms. The minimum Gasteiger partial charge on any atom is -0.481 e. The first-order valence-electron chi connectivity index (χ1n) is 8.32. The van der Waals surface area contributed by atoms with Crippen molar-refractivity contribution < 1.29 is 9.90 Å². The summed E-state index contributed by atoms with van der Waals surface area (Å²) in [6.07, 6.45) is 7.99. The van der Waals surface area contributed by atoms with Gasteiger partial charge in [0, 0.05) is 13.1 Å². The summed E-state index contributed by atoms with van der Waals surface area (Å²) in [6, 6.07) is 0. The van der Waals surface area contributed by atoms with Crippen molar-refractivity contribution in [3.63, 3.8) is 0 Å². The van der Waals surface area contributed by atoms with Crippen LogP contribution in [0.3, 0.4) is 0 Å². The Labute approximate surface area is 122 Å². The molecule has 0 radical (unpaired) electrons. The quantitative estimate of drug-likeness (QED) is 0.809. The zero-order valence-corrected chi connectivity index (χ0v) is 12.5. The van der Waals surface area contributed by atoms with Crippen LogP contribution in [0.25, 0.3) is 0 Å². The molecule has 0 aromatic carbocycles. The first kappa shape index (κ1) is 14.3. The summed E-state index contributed by atoms with van der Waals surface area (Å²) in [4.78, 5) is 16.1. The molecular weight excluding hydrogens is 252 g/mol. The summed E-state index contributed by atoms with van der Waals surface area (Å²) >= 11 is 0. The van der Waals surface area contributed by atoms with Crippen molar-refractivity contribution >= 4 is 5.97 Å². The summed E-state index contributed by atoms with van der Waals surface area (Å²) < 4.78 is 0. The predicted octanol–water partition coefficient (Wildman–Crippen LogP) is 2.05. The molecule has 2 aliphatic heterocycles. The van der Waals surface area contributed by atoms with Crippen LogP contribution in [0.5, 0.6) is 0 Å². The van der Waals surface area contributed by atoms with Crippen molar-refractivity contribution in [2.45, 2.75) is 44.9 Å². The van der Waals surface area contributed by atoms with E-state index in [-0.39, 0.29) is 5.41 Å². The van der Waals surface area contributed by atoms with E-state index in [4.69, 9.17) is 5.11 Å². The van der Waals surface area contributed by atoms with Crippen LogP contribution >= 0.6 is 0 Å². The molecule has 1 saturated carbocycles. The molecule has 20 heavy (non-hydrogen) atoms. The Bertz CT molecular complexity index is 340. The standard InChI is InChI=1S/C16H28N2O2/c19-15(20)11-16(5-6-16)13-18-9-3-14(4-10-18)12-17-7-1-2-8-17/h14H,1-13H2,(H,19,20). The third-order valence-electron chi connectivity index (χ3n) is 5.46. The summed E-state index contributed by atoms with van der Waals surface area (Å²) in [5.74, 6) is 0.255. The lowest BCUT2D eigenvalue weighted by molar-refractivity contribution is -0.138. The Balaban J connectivity index is 1.39. The van der Waals surface area contributed by atoms with Gasteiger partial charge in [0.05, 0.1) is 6.42 Å². The van der Waals surface area contributed by atoms with Crippen LogP contribution in [0.1, 0.15) is 44.9 Å². The predicted molar refractivity (Wildman–Crippen MR) is 78.8 cm³/mol. The molecule has 0 atom stereocenters. The highest BCUT2D eigenvalue weighted by molar-refractivity contribution is 5.68. The van der Waals surface area contributed by atoms with Crippen molar-refractivity contribution in [3.05, 3.63) is 0 Å². The number of carbonyl (C=O) groups is 1. The number of carboxylic acid groups (broad SMARTS) is 1. The Morgan fingerprint density at radius 3 is 2.25 bits per heavy atom. The first-order chi connectivity index (χ1) is 9.65. The molecule has 4 nitrogen and oxygen atoms in total. The average molecular weight is 280 g/mol. The van der Waals surface area contributed by atoms with Crippen LogP contribution in [0.15, 0.2) is 0 Å². The largest absolute Gasteiger partial charge is 0.481 e. The Morgan fingerprint density at radius 1 is 1.05 bits per heavy atom. The van der Waals surface area contributed by atoms with Crippen LogP contribution in [0.4, 0.5) is 0 Å². The van der Waals surface area contributed by atoms with Crippen molar-refractivity contribution in [1.29, 1.82) is 0 Å². The van der Waals surface area contributed by atoms with Crippen LogP contribution in [0.2, 0.25) is 0 Å². The number of hydrogen-bond acceptors (Lipinski definition) is 3. The number of piperidine rings is 1. The minimum absolute atomic E-state index is 0.133. The third-order valence-corrected chi connectivity index (χ3v) is 5.46. The van der Waals surface area contributed by atoms with Crippen LogP contribution in [-0.4, -0.2) is 60.1 Å². The monoisotopic (exact) mass is 280 g/mol. The molecule has 0 aromatic rings. The van der Waals surface area contributed by atoms with Gasteiger partial charge < -0.3 is 14.9 Å². The second kappa shape index (κ2) is 6.02. The van der Waals surface area contributed by atoms with Crippen molar-refractivity contribution in [3.8, 4) is 0 Å². The minimum atomic E-state index is -0.619. The van der Waals surface area contributed by atoms with E-state index in [1.54, 1.807) is 0 Å². The van der Waals surface area contributed by atoms with Gasteiger partial charge in [0.25, 0.3) is 0 Å². The number of hydrogen-bond donors (Lipinski definition) is 1. The number of rotatable bonds is 6. The Kier molecular flexibility index (Phi) is 4.32. The highest BCUT2D eigenvalue weighted by Crippen LogP contribution is 2.49. The van der Waals surface area contributed by atoms with Gasteiger partial charge in [-0.1, -0.05) is 0 Å². The van der Waals surface area contributed by atoms with Gasteiger partial charge in [-0.05, 0) is 76.0 Å². The molecule has 0 spiro atoms. The zero-order valence-electron chi connectivity index (χ0n) is 12.5. The Hall–Kier alpha value is -0.610. The molecule has 0 aromatic heterocycles. The van der Waals surface area contributed by atoms with E-state index in [1.807, 2.05) is 0 Å². The molecule has 1 N–H and O–H groups in total. The van der Waals surface area contributed by atoms with Crippen molar-refractivity contribution in [1.82, 2.24) is 9.80 Å². The number of aliphatic carboxylic acids is 1. The lowest BCUT2D eigenvalue weighted by atomic mass is 9.94. The lowest BCUT2D eigenvalue weighted by Crippen LogP contribution is -2.41. The summed E-state index contributed by atoms with van der Waals surface area (Å²) in [5.41, 5.74) is 0.133. The fourth-order valence-corrected chi connectivity index (χ4v) is 4.02. The lowest BCUT2D eigenvalue weighted by Gasteiger charge is -2.35. The van der Waals surface area contributed by atoms with Gasteiger partial charge >= 0.3 is 5.97 Å². The van der Waals surface area contributed by atoms with E-state index in [0.717, 1.165) is 25.3 Å². The summed E-state index contributed by atoms with van der Waals surface area (Å²) in [7, 11) is 0. The third kappa shape index (κ3) is 3.73. The summed E-state index contributed by atoms with van der Waals surface area (Å²) in [5, 5.41) is 9.00. The highest BCUT2D eigenvalue weighted by atomic mass is 16.4. The molecule has 3 fully saturated rings. The molecule has 0 bridgehead atoms. The highest BCUT2D eigenvalue weighted by Gasteiger charge is 2.45. The van der Waals surface area contributed by atoms with Crippen molar-refractivity contribution in [2.24, 2.45) is 11.3 Å². The number of carboxylic acids is 1. The van der Waals surface area contributed by atoms with E-state index in [0.29, 0.717) is 6.42 Å². The van der Waals surface area contributed by atoms with Gasteiger partial charge in [-0.2, -0.15) is 0 Å². The smallest absolute Gasteiger partial charge is 0.303 e. The molecule has 2 heterocycles. The number of likely N-dealkylation sites (tertiary alicyclic amines) is 2. The Morgan fingerprint density at radius 2 is 1.70 bits per heavy atom. The van der Waals surface area contributed by atoms with E-state index in [1.165, 1.54) is 58.4 Å². The fraction of sp³-hybridized carbons (Fsp3) is 0.938. The fourth-order valence-electron chi connectivity index (χ4n) is 4.02. The maximum Gasteiger partial charge on any atom is 0.303 e. The average Bonchev–Trinajstić information content (AvgIpc) is 2.95. The SMILES string of the molecule is O=C(O)CC1(CN2CCC(CN3CCCC3)CC2)CC1. The van der Waals surface area contributed by atoms with Gasteiger partial charge in [-0.25, -0.2) is 0 Å². The van der Waals surface area contributed by atoms with Crippen LogP contribution < -0.4 is 0 Å². The first-order valence-corrected chi connectivity index (χ1v) is 8.32. The van der Waals surface area contributed by atoms with Crippen molar-refractivity contribution in [2.75, 3.05) is 39.3 Å². The molecule has 1 aliphatic carbocycles. The molecule has 3 aliphatic rings. The molecule has 114 valence electrons. The van der Waals surface area contributed by atoms with Gasteiger partial charge in [-0.3, -0.25) is 4.79 Å². The van der Waals surface area contributed by atoms with Crippen LogP contribution in [-0.2, 0) is 4.79 Å². The van der Waals surface area contributed by atoms with E-state index in [9.17, 15) is 4.79 Å². The zero-order chi connectivity index (χ0) is 14.0. The molecule has 2 saturated heterocycles. The van der Waals surface area contributed by atoms with E-state index < -0.39 is 5.97 Å². The van der Waals surface area contributed by atoms with Gasteiger partial charge in [-0.15, -0.1) is 0 Å². The normalized spacial score (nSPS) is 27.8. The molecule has 0 amide bonds. The maximum absolute atomic E-state index is 10.9. The second-order valence-electron chi connectivity index (χ2n) is 7.30. The number of nitrogens with zero attached hydrogens (tertiary/aromatic N) is 2. The molecule has 0 unspecified atom stereocenters. The van der Waals surface area contributed by atoms with Gasteiger partial charge in [0.2, 0.25) is 0 Å². The molecular formula is C16H28N2O2. The molecule has 3 rings (SSSR count). The van der Waals surface area contributed by atoms with Gasteiger partial charge in [0.1, 0.15) is 0 Å². The van der Waals surface area contributed by atoms with E-state index >= 15 is 0 Å². The van der Waals surface area contributed by atoms with Crippen LogP contribution in [0, 0.1) is 11.3 Å². The maximum atomic E-state index is 10.9. The topological polar surface area (TPSA) is 43.8 Å². The summed E-state index contributed by atoms with van der Waals surface area (Å²) in [6.45, 7) is 7.30. The van der Waals surface area contributed by atoms with Gasteiger partial charge in [0.15, 0.2) is 0 Å². The second-order valence-corrected chi connectivity index (χ2v) is 7.30.